The molecule has 1 unspecified atom stereocenters. The van der Waals surface area contributed by atoms with Crippen LogP contribution < -0.4 is 10.6 Å². The molecule has 2 amide bonds. The highest BCUT2D eigenvalue weighted by Gasteiger charge is 2.31. The number of nitriles is 1. The Morgan fingerprint density at radius 2 is 1.95 bits per heavy atom. The maximum absolute atomic E-state index is 12.1. The van der Waals surface area contributed by atoms with Crippen LogP contribution in [0.25, 0.3) is 0 Å². The van der Waals surface area contributed by atoms with Crippen LogP contribution in [-0.2, 0) is 9.59 Å². The Hall–Kier alpha value is -1.61. The van der Waals surface area contributed by atoms with Gasteiger partial charge in [0, 0.05) is 13.0 Å². The second-order valence-corrected chi connectivity index (χ2v) is 6.18. The molecule has 0 aliphatic carbocycles. The highest BCUT2D eigenvalue weighted by atomic mass is 16.2. The van der Waals surface area contributed by atoms with Crippen LogP contribution in [0.2, 0.25) is 0 Å². The monoisotopic (exact) mass is 294 g/mol. The van der Waals surface area contributed by atoms with Crippen LogP contribution in [0, 0.1) is 23.2 Å². The number of rotatable bonds is 5. The van der Waals surface area contributed by atoms with Gasteiger partial charge in [-0.2, -0.15) is 5.26 Å². The van der Waals surface area contributed by atoms with Crippen molar-refractivity contribution in [2.75, 3.05) is 26.7 Å². The molecular weight excluding hydrogens is 268 g/mol. The first-order valence-electron chi connectivity index (χ1n) is 7.48. The third kappa shape index (κ3) is 4.71. The summed E-state index contributed by atoms with van der Waals surface area (Å²) in [5.74, 6) is 0.0434. The Bertz CT molecular complexity index is 422. The summed E-state index contributed by atoms with van der Waals surface area (Å²) in [6.07, 6.45) is 1.54. The molecule has 0 aromatic rings. The first-order valence-corrected chi connectivity index (χ1v) is 7.48. The topological polar surface area (TPSA) is 85.2 Å². The quantitative estimate of drug-likeness (QED) is 0.773. The third-order valence-corrected chi connectivity index (χ3v) is 4.36. The summed E-state index contributed by atoms with van der Waals surface area (Å²) in [5.41, 5.74) is -0.836. The number of carbonyl (C=O) groups excluding carboxylic acids is 2. The van der Waals surface area contributed by atoms with Crippen LogP contribution in [0.3, 0.4) is 0 Å². The average molecular weight is 294 g/mol. The molecule has 0 saturated carbocycles. The summed E-state index contributed by atoms with van der Waals surface area (Å²) >= 11 is 0. The van der Waals surface area contributed by atoms with Gasteiger partial charge in [-0.05, 0) is 38.8 Å². The molecule has 0 spiro atoms. The number of amides is 2. The molecule has 118 valence electrons. The van der Waals surface area contributed by atoms with Crippen LogP contribution >= 0.6 is 0 Å². The zero-order valence-corrected chi connectivity index (χ0v) is 13.4. The molecule has 0 bridgehead atoms. The van der Waals surface area contributed by atoms with Crippen molar-refractivity contribution in [3.63, 3.8) is 0 Å². The zero-order chi connectivity index (χ0) is 16.0. The van der Waals surface area contributed by atoms with Crippen molar-refractivity contribution in [1.82, 2.24) is 15.5 Å². The van der Waals surface area contributed by atoms with Crippen LogP contribution in [0.5, 0.6) is 0 Å². The van der Waals surface area contributed by atoms with Crippen molar-refractivity contribution < 1.29 is 9.59 Å². The minimum atomic E-state index is -0.836. The number of piperidine rings is 1. The van der Waals surface area contributed by atoms with E-state index in [1.54, 1.807) is 14.0 Å². The Morgan fingerprint density at radius 1 is 1.38 bits per heavy atom. The van der Waals surface area contributed by atoms with Crippen molar-refractivity contribution in [3.05, 3.63) is 0 Å². The van der Waals surface area contributed by atoms with Crippen LogP contribution in [-0.4, -0.2) is 48.9 Å². The average Bonchev–Trinajstić information content (AvgIpc) is 2.46. The van der Waals surface area contributed by atoms with E-state index in [1.807, 2.05) is 18.7 Å². The number of carbonyl (C=O) groups is 2. The van der Waals surface area contributed by atoms with E-state index in [2.05, 4.69) is 16.7 Å². The summed E-state index contributed by atoms with van der Waals surface area (Å²) in [7, 11) is 1.65. The standard InChI is InChI=1S/C15H26N4O2/c1-11(2)15(3,10-16)18-13(20)9-19-7-5-12(6-8-19)14(21)17-4/h11-12H,5-9H2,1-4H3,(H,17,21)(H,18,20). The van der Waals surface area contributed by atoms with E-state index in [-0.39, 0.29) is 30.2 Å². The van der Waals surface area contributed by atoms with Crippen molar-refractivity contribution in [3.8, 4) is 6.07 Å². The van der Waals surface area contributed by atoms with Gasteiger partial charge >= 0.3 is 0 Å². The van der Waals surface area contributed by atoms with E-state index in [1.165, 1.54) is 0 Å². The largest absolute Gasteiger partial charge is 0.359 e. The van der Waals surface area contributed by atoms with Gasteiger partial charge < -0.3 is 10.6 Å². The molecule has 1 heterocycles. The normalized spacial score (nSPS) is 19.6. The van der Waals surface area contributed by atoms with Gasteiger partial charge in [-0.3, -0.25) is 14.5 Å². The van der Waals surface area contributed by atoms with E-state index < -0.39 is 5.54 Å². The van der Waals surface area contributed by atoms with Crippen molar-refractivity contribution in [2.24, 2.45) is 11.8 Å². The molecule has 1 rings (SSSR count). The lowest BCUT2D eigenvalue weighted by Gasteiger charge is -2.32. The number of nitrogens with zero attached hydrogens (tertiary/aromatic N) is 2. The molecule has 21 heavy (non-hydrogen) atoms. The first kappa shape index (κ1) is 17.4. The summed E-state index contributed by atoms with van der Waals surface area (Å²) < 4.78 is 0. The number of nitrogens with one attached hydrogen (secondary N) is 2. The Labute approximate surface area is 126 Å². The minimum Gasteiger partial charge on any atom is -0.359 e. The second-order valence-electron chi connectivity index (χ2n) is 6.18. The second kappa shape index (κ2) is 7.41. The summed E-state index contributed by atoms with van der Waals surface area (Å²) in [5, 5.41) is 14.7. The van der Waals surface area contributed by atoms with Crippen LogP contribution in [0.1, 0.15) is 33.6 Å². The van der Waals surface area contributed by atoms with Gasteiger partial charge in [-0.1, -0.05) is 13.8 Å². The lowest BCUT2D eigenvalue weighted by atomic mass is 9.90. The molecule has 1 fully saturated rings. The molecular formula is C15H26N4O2. The minimum absolute atomic E-state index is 0.0467. The van der Waals surface area contributed by atoms with E-state index in [0.29, 0.717) is 0 Å². The molecule has 0 aromatic carbocycles. The fourth-order valence-electron chi connectivity index (χ4n) is 2.39. The molecule has 0 radical (unpaired) electrons. The fourth-order valence-corrected chi connectivity index (χ4v) is 2.39. The molecule has 6 nitrogen and oxygen atoms in total. The van der Waals surface area contributed by atoms with E-state index in [9.17, 15) is 14.9 Å². The number of hydrogen-bond donors (Lipinski definition) is 2. The van der Waals surface area contributed by atoms with Gasteiger partial charge in [-0.25, -0.2) is 0 Å². The molecule has 1 aliphatic heterocycles. The highest BCUT2D eigenvalue weighted by Crippen LogP contribution is 2.18. The Morgan fingerprint density at radius 3 is 2.38 bits per heavy atom. The van der Waals surface area contributed by atoms with E-state index in [0.717, 1.165) is 25.9 Å². The van der Waals surface area contributed by atoms with Crippen molar-refractivity contribution in [1.29, 1.82) is 5.26 Å². The number of likely N-dealkylation sites (tertiary alicyclic amines) is 1. The number of hydrogen-bond acceptors (Lipinski definition) is 4. The van der Waals surface area contributed by atoms with Gasteiger partial charge in [0.25, 0.3) is 0 Å². The zero-order valence-electron chi connectivity index (χ0n) is 13.4. The molecule has 0 aromatic heterocycles. The molecule has 6 heteroatoms. The van der Waals surface area contributed by atoms with Crippen LogP contribution in [0.15, 0.2) is 0 Å². The fraction of sp³-hybridized carbons (Fsp3) is 0.800. The molecule has 1 aliphatic rings. The predicted molar refractivity (Wildman–Crippen MR) is 80.2 cm³/mol. The Balaban J connectivity index is 2.44. The molecule has 1 saturated heterocycles. The van der Waals surface area contributed by atoms with Crippen molar-refractivity contribution in [2.45, 2.75) is 39.2 Å². The van der Waals surface area contributed by atoms with Gasteiger partial charge in [0.15, 0.2) is 0 Å². The molecule has 2 N–H and O–H groups in total. The van der Waals surface area contributed by atoms with E-state index in [4.69, 9.17) is 0 Å². The lowest BCUT2D eigenvalue weighted by Crippen LogP contribution is -2.52. The van der Waals surface area contributed by atoms with Gasteiger partial charge in [-0.15, -0.1) is 0 Å². The predicted octanol–water partition coefficient (Wildman–Crippen LogP) is 0.499. The van der Waals surface area contributed by atoms with Gasteiger partial charge in [0.05, 0.1) is 12.6 Å². The lowest BCUT2D eigenvalue weighted by molar-refractivity contribution is -0.126. The summed E-state index contributed by atoms with van der Waals surface area (Å²) in [4.78, 5) is 25.7. The third-order valence-electron chi connectivity index (χ3n) is 4.36. The SMILES string of the molecule is CNC(=O)C1CCN(CC(=O)NC(C)(C#N)C(C)C)CC1. The molecule has 1 atom stereocenters. The van der Waals surface area contributed by atoms with Crippen LogP contribution in [0.4, 0.5) is 0 Å². The van der Waals surface area contributed by atoms with Gasteiger partial charge in [0.2, 0.25) is 11.8 Å². The highest BCUT2D eigenvalue weighted by molar-refractivity contribution is 5.80. The smallest absolute Gasteiger partial charge is 0.235 e. The maximum Gasteiger partial charge on any atom is 0.235 e. The Kier molecular flexibility index (Phi) is 6.16. The summed E-state index contributed by atoms with van der Waals surface area (Å²) in [6.45, 7) is 7.32. The van der Waals surface area contributed by atoms with Crippen molar-refractivity contribution >= 4 is 11.8 Å². The van der Waals surface area contributed by atoms with E-state index >= 15 is 0 Å². The maximum atomic E-state index is 12.1. The van der Waals surface area contributed by atoms with Gasteiger partial charge in [0.1, 0.15) is 5.54 Å². The first-order chi connectivity index (χ1) is 9.82. The summed E-state index contributed by atoms with van der Waals surface area (Å²) in [6, 6.07) is 2.17.